The molecule has 1 amide bonds. The number of aliphatic hydroxyl groups excluding tert-OH is 1. The zero-order chi connectivity index (χ0) is 35.7. The minimum atomic E-state index is -2.17. The van der Waals surface area contributed by atoms with Crippen molar-refractivity contribution in [1.29, 1.82) is 0 Å². The van der Waals surface area contributed by atoms with Gasteiger partial charge in [-0.05, 0) is 77.7 Å². The standard InChI is InChI=1S/C42H47N3O5Si/c1-28-38(22-15-29-13-16-33(17-14-29)45-42(48)37-12-8-7-10-31(37)25-43-45)50-39(41(28)51(3,4)36-20-18-35(49-2)19-21-36)24-40(47)44-26-32-11-6-5-9-30(32)23-34(44)27-46/h5-14,16-21,25,28,34,38-39,41,46H,15,22-24,26-27H2,1-4H3/t28-,34-,38+,39-,41+/m0/s1. The van der Waals surface area contributed by atoms with E-state index in [4.69, 9.17) is 9.47 Å². The molecule has 0 spiro atoms. The first-order valence-electron chi connectivity index (χ1n) is 18.0. The number of hydrogen-bond donors (Lipinski definition) is 1. The Morgan fingerprint density at radius 3 is 2.37 bits per heavy atom. The van der Waals surface area contributed by atoms with Gasteiger partial charge in [0, 0.05) is 11.9 Å². The van der Waals surface area contributed by atoms with Gasteiger partial charge in [0.25, 0.3) is 5.56 Å². The van der Waals surface area contributed by atoms with Crippen molar-refractivity contribution in [2.45, 2.75) is 76.0 Å². The molecule has 4 aromatic carbocycles. The maximum absolute atomic E-state index is 14.2. The molecule has 2 aliphatic rings. The summed E-state index contributed by atoms with van der Waals surface area (Å²) in [4.78, 5) is 29.2. The summed E-state index contributed by atoms with van der Waals surface area (Å²) in [5.41, 5.74) is 4.30. The zero-order valence-corrected chi connectivity index (χ0v) is 30.9. The van der Waals surface area contributed by atoms with Crippen LogP contribution in [0.2, 0.25) is 18.6 Å². The van der Waals surface area contributed by atoms with E-state index < -0.39 is 8.07 Å². The molecule has 0 radical (unpaired) electrons. The van der Waals surface area contributed by atoms with Crippen LogP contribution in [0.25, 0.3) is 16.5 Å². The molecule has 0 aliphatic carbocycles. The Labute approximate surface area is 300 Å². The van der Waals surface area contributed by atoms with Crippen LogP contribution in [-0.2, 0) is 28.9 Å². The molecule has 1 N–H and O–H groups in total. The van der Waals surface area contributed by atoms with Crippen LogP contribution in [-0.4, -0.2) is 65.7 Å². The van der Waals surface area contributed by atoms with Crippen LogP contribution in [0.4, 0.5) is 0 Å². The predicted octanol–water partition coefficient (Wildman–Crippen LogP) is 6.05. The average molecular weight is 702 g/mol. The van der Waals surface area contributed by atoms with Gasteiger partial charge in [0.2, 0.25) is 5.91 Å². The van der Waals surface area contributed by atoms with Gasteiger partial charge in [-0.2, -0.15) is 9.78 Å². The highest BCUT2D eigenvalue weighted by atomic mass is 28.3. The maximum Gasteiger partial charge on any atom is 0.279 e. The van der Waals surface area contributed by atoms with Gasteiger partial charge in [0.1, 0.15) is 5.75 Å². The number of rotatable bonds is 10. The molecule has 2 aliphatic heterocycles. The van der Waals surface area contributed by atoms with Crippen molar-refractivity contribution >= 4 is 29.9 Å². The van der Waals surface area contributed by atoms with E-state index in [0.717, 1.165) is 40.8 Å². The van der Waals surface area contributed by atoms with Gasteiger partial charge in [-0.1, -0.05) is 91.9 Å². The third-order valence-electron chi connectivity index (χ3n) is 11.4. The SMILES string of the molecule is COc1ccc([Si](C)(C)[C@@H]2[C@@H](C)[C@@H](CCc3ccc(-n4ncc5ccccc5c4=O)cc3)O[C@H]2CC(=O)N2Cc3ccccc3C[C@H]2CO)cc1. The van der Waals surface area contributed by atoms with Crippen molar-refractivity contribution in [1.82, 2.24) is 14.7 Å². The molecule has 1 saturated heterocycles. The Morgan fingerprint density at radius 2 is 1.65 bits per heavy atom. The van der Waals surface area contributed by atoms with Gasteiger partial charge in [-0.25, -0.2) is 0 Å². The third kappa shape index (κ3) is 6.90. The Morgan fingerprint density at radius 1 is 0.941 bits per heavy atom. The van der Waals surface area contributed by atoms with Crippen LogP contribution in [0, 0.1) is 5.92 Å². The van der Waals surface area contributed by atoms with Crippen molar-refractivity contribution in [3.8, 4) is 11.4 Å². The number of amides is 1. The van der Waals surface area contributed by atoms with Crippen LogP contribution in [0.3, 0.4) is 0 Å². The minimum absolute atomic E-state index is 0.0157. The number of carbonyl (C=O) groups excluding carboxylic acids is 1. The number of methoxy groups -OCH3 is 1. The summed E-state index contributed by atoms with van der Waals surface area (Å²) in [6.07, 6.45) is 4.06. The van der Waals surface area contributed by atoms with Gasteiger partial charge in [-0.15, -0.1) is 0 Å². The van der Waals surface area contributed by atoms with Crippen molar-refractivity contribution in [2.24, 2.45) is 5.92 Å². The van der Waals surface area contributed by atoms with E-state index in [0.29, 0.717) is 24.8 Å². The summed E-state index contributed by atoms with van der Waals surface area (Å²) in [5.74, 6) is 1.11. The highest BCUT2D eigenvalue weighted by molar-refractivity contribution is 6.91. The summed E-state index contributed by atoms with van der Waals surface area (Å²) in [5, 5.41) is 17.5. The number of hydrogen-bond acceptors (Lipinski definition) is 6. The van der Waals surface area contributed by atoms with Crippen LogP contribution in [0.15, 0.2) is 108 Å². The second-order valence-corrected chi connectivity index (χ2v) is 19.4. The quantitative estimate of drug-likeness (QED) is 0.178. The fourth-order valence-corrected chi connectivity index (χ4v) is 12.6. The second-order valence-electron chi connectivity index (χ2n) is 14.7. The van der Waals surface area contributed by atoms with Gasteiger partial charge in [0.05, 0.1) is 63.7 Å². The normalized spacial score (nSPS) is 21.8. The fourth-order valence-electron chi connectivity index (χ4n) is 8.56. The molecule has 5 aromatic rings. The van der Waals surface area contributed by atoms with Crippen LogP contribution in [0.1, 0.15) is 36.5 Å². The molecular weight excluding hydrogens is 655 g/mol. The molecule has 8 nitrogen and oxygen atoms in total. The lowest BCUT2D eigenvalue weighted by atomic mass is 9.93. The Bertz CT molecular complexity index is 2060. The molecule has 9 heteroatoms. The van der Waals surface area contributed by atoms with Gasteiger partial charge < -0.3 is 19.5 Å². The lowest BCUT2D eigenvalue weighted by Crippen LogP contribution is -2.52. The summed E-state index contributed by atoms with van der Waals surface area (Å²) in [6.45, 7) is 7.53. The summed E-state index contributed by atoms with van der Waals surface area (Å²) in [7, 11) is -0.484. The summed E-state index contributed by atoms with van der Waals surface area (Å²) in [6, 6.07) is 31.9. The minimum Gasteiger partial charge on any atom is -0.497 e. The fraction of sp³-hybridized carbons (Fsp3) is 0.357. The van der Waals surface area contributed by atoms with Crippen molar-refractivity contribution in [3.63, 3.8) is 0 Å². The smallest absolute Gasteiger partial charge is 0.279 e. The molecule has 0 unspecified atom stereocenters. The lowest BCUT2D eigenvalue weighted by Gasteiger charge is -2.39. The first kappa shape index (κ1) is 34.9. The third-order valence-corrected chi connectivity index (χ3v) is 15.8. The predicted molar refractivity (Wildman–Crippen MR) is 204 cm³/mol. The number of aromatic nitrogens is 2. The van der Waals surface area contributed by atoms with E-state index in [1.54, 1.807) is 13.3 Å². The topological polar surface area (TPSA) is 93.9 Å². The highest BCUT2D eigenvalue weighted by Gasteiger charge is 2.51. The van der Waals surface area contributed by atoms with E-state index in [1.807, 2.05) is 65.6 Å². The van der Waals surface area contributed by atoms with Crippen molar-refractivity contribution in [3.05, 3.63) is 130 Å². The number of ether oxygens (including phenoxy) is 2. The number of fused-ring (bicyclic) bond motifs is 2. The molecule has 0 bridgehead atoms. The Hall–Kier alpha value is -4.57. The summed E-state index contributed by atoms with van der Waals surface area (Å²) < 4.78 is 13.9. The molecule has 51 heavy (non-hydrogen) atoms. The molecule has 7 rings (SSSR count). The largest absolute Gasteiger partial charge is 0.497 e. The zero-order valence-electron chi connectivity index (χ0n) is 29.9. The molecule has 264 valence electrons. The maximum atomic E-state index is 14.2. The van der Waals surface area contributed by atoms with Crippen molar-refractivity contribution < 1.29 is 19.4 Å². The monoisotopic (exact) mass is 701 g/mol. The van der Waals surface area contributed by atoms with Gasteiger partial charge in [-0.3, -0.25) is 9.59 Å². The number of benzene rings is 4. The lowest BCUT2D eigenvalue weighted by molar-refractivity contribution is -0.138. The van der Waals surface area contributed by atoms with Crippen molar-refractivity contribution in [2.75, 3.05) is 13.7 Å². The first-order valence-corrected chi connectivity index (χ1v) is 21.1. The molecule has 1 aromatic heterocycles. The summed E-state index contributed by atoms with van der Waals surface area (Å²) >= 11 is 0. The number of aliphatic hydroxyl groups is 1. The number of nitrogens with zero attached hydrogens (tertiary/aromatic N) is 3. The Kier molecular flexibility index (Phi) is 9.96. The van der Waals surface area contributed by atoms with E-state index in [-0.39, 0.29) is 47.8 Å². The highest BCUT2D eigenvalue weighted by Crippen LogP contribution is 2.47. The van der Waals surface area contributed by atoms with Gasteiger partial charge >= 0.3 is 0 Å². The molecule has 0 saturated carbocycles. The first-order chi connectivity index (χ1) is 24.7. The molecule has 3 heterocycles. The van der Waals surface area contributed by atoms with Crippen LogP contribution >= 0.6 is 0 Å². The van der Waals surface area contributed by atoms with Gasteiger partial charge in [0.15, 0.2) is 0 Å². The molecule has 5 atom stereocenters. The number of carbonyl (C=O) groups is 1. The number of aryl methyl sites for hydroxylation is 1. The Balaban J connectivity index is 1.10. The molecular formula is C42H47N3O5Si. The van der Waals surface area contributed by atoms with E-state index in [2.05, 4.69) is 61.5 Å². The van der Waals surface area contributed by atoms with Crippen LogP contribution < -0.4 is 15.5 Å². The van der Waals surface area contributed by atoms with E-state index >= 15 is 0 Å². The average Bonchev–Trinajstić information content (AvgIpc) is 3.48. The van der Waals surface area contributed by atoms with Crippen LogP contribution in [0.5, 0.6) is 5.75 Å². The second kappa shape index (κ2) is 14.6. The van der Waals surface area contributed by atoms with E-state index in [9.17, 15) is 14.7 Å². The molecule has 1 fully saturated rings. The van der Waals surface area contributed by atoms with E-state index in [1.165, 1.54) is 15.4 Å².